The third-order valence-electron chi connectivity index (χ3n) is 5.09. The number of amides is 1. The minimum absolute atomic E-state index is 0.0765. The van der Waals surface area contributed by atoms with Crippen LogP contribution in [0.15, 0.2) is 30.3 Å². The zero-order valence-electron chi connectivity index (χ0n) is 16.2. The zero-order valence-corrected chi connectivity index (χ0v) is 17.0. The topological polar surface area (TPSA) is 55.4 Å². The Morgan fingerprint density at radius 2 is 2.04 bits per heavy atom. The van der Waals surface area contributed by atoms with Gasteiger partial charge in [-0.2, -0.15) is 0 Å². The second kappa shape index (κ2) is 8.70. The van der Waals surface area contributed by atoms with E-state index in [1.54, 1.807) is 0 Å². The summed E-state index contributed by atoms with van der Waals surface area (Å²) in [6.07, 6.45) is 4.00. The lowest BCUT2D eigenvalue weighted by Crippen LogP contribution is -2.32. The van der Waals surface area contributed by atoms with Crippen molar-refractivity contribution in [2.45, 2.75) is 52.5 Å². The van der Waals surface area contributed by atoms with Gasteiger partial charge in [0.1, 0.15) is 4.88 Å². The van der Waals surface area contributed by atoms with Crippen LogP contribution in [0.25, 0.3) is 0 Å². The molecule has 1 amide bonds. The first-order chi connectivity index (χ1) is 13.0. The summed E-state index contributed by atoms with van der Waals surface area (Å²) in [5.74, 6) is -0.0131. The fourth-order valence-electron chi connectivity index (χ4n) is 3.46. The van der Waals surface area contributed by atoms with Crippen molar-refractivity contribution in [2.24, 2.45) is 5.92 Å². The summed E-state index contributed by atoms with van der Waals surface area (Å²) in [6, 6.07) is 9.97. The van der Waals surface area contributed by atoms with Gasteiger partial charge in [-0.15, -0.1) is 11.3 Å². The molecular weight excluding hydrogens is 358 g/mol. The Kier molecular flexibility index (Phi) is 6.32. The van der Waals surface area contributed by atoms with E-state index < -0.39 is 5.97 Å². The summed E-state index contributed by atoms with van der Waals surface area (Å²) in [7, 11) is 0. The first-order valence-corrected chi connectivity index (χ1v) is 10.4. The third kappa shape index (κ3) is 4.98. The van der Waals surface area contributed by atoms with Gasteiger partial charge in [-0.05, 0) is 55.7 Å². The van der Waals surface area contributed by atoms with Gasteiger partial charge >= 0.3 is 5.97 Å². The number of carbonyl (C=O) groups excluding carboxylic acids is 2. The summed E-state index contributed by atoms with van der Waals surface area (Å²) in [4.78, 5) is 26.5. The average molecular weight is 386 g/mol. The van der Waals surface area contributed by atoms with Crippen molar-refractivity contribution in [3.63, 3.8) is 0 Å². The molecule has 0 saturated heterocycles. The Morgan fingerprint density at radius 1 is 1.30 bits per heavy atom. The molecule has 2 atom stereocenters. The summed E-state index contributed by atoms with van der Waals surface area (Å²) in [5, 5.41) is 2.95. The summed E-state index contributed by atoms with van der Waals surface area (Å²) < 4.78 is 5.25. The standard InChI is InChI=1S/C22H27NO3S/c1-4-18(16-8-5-14(2)6-9-16)23-21(24)13-26-22(25)20-12-17-11-15(3)7-10-19(17)27-20/h5-6,8-9,12,15,18H,4,7,10-11,13H2,1-3H3,(H,23,24)/t15-,18+/m1/s1. The molecule has 0 radical (unpaired) electrons. The number of thiophene rings is 1. The molecule has 0 spiro atoms. The largest absolute Gasteiger partial charge is 0.451 e. The van der Waals surface area contributed by atoms with E-state index in [-0.39, 0.29) is 18.6 Å². The molecule has 1 aliphatic carbocycles. The highest BCUT2D eigenvalue weighted by atomic mass is 32.1. The zero-order chi connectivity index (χ0) is 19.4. The second-order valence-corrected chi connectivity index (χ2v) is 8.56. The number of aryl methyl sites for hydroxylation is 2. The average Bonchev–Trinajstić information content (AvgIpc) is 3.08. The van der Waals surface area contributed by atoms with E-state index in [2.05, 4.69) is 12.2 Å². The number of ether oxygens (including phenoxy) is 1. The minimum Gasteiger partial charge on any atom is -0.451 e. The smallest absolute Gasteiger partial charge is 0.348 e. The van der Waals surface area contributed by atoms with E-state index in [1.165, 1.54) is 33.8 Å². The van der Waals surface area contributed by atoms with E-state index in [1.807, 2.05) is 44.2 Å². The number of carbonyl (C=O) groups is 2. The van der Waals surface area contributed by atoms with Gasteiger partial charge in [-0.3, -0.25) is 4.79 Å². The fraction of sp³-hybridized carbons (Fsp3) is 0.455. The number of esters is 1. The number of nitrogens with one attached hydrogen (secondary N) is 1. The van der Waals surface area contributed by atoms with Crippen molar-refractivity contribution in [1.82, 2.24) is 5.32 Å². The molecule has 0 bridgehead atoms. The molecular formula is C22H27NO3S. The molecule has 0 saturated carbocycles. The van der Waals surface area contributed by atoms with Gasteiger partial charge in [0, 0.05) is 4.88 Å². The van der Waals surface area contributed by atoms with Crippen LogP contribution in [0.2, 0.25) is 0 Å². The lowest BCUT2D eigenvalue weighted by Gasteiger charge is -2.17. The summed E-state index contributed by atoms with van der Waals surface area (Å²) in [6.45, 7) is 6.04. The van der Waals surface area contributed by atoms with Crippen LogP contribution in [0, 0.1) is 12.8 Å². The van der Waals surface area contributed by atoms with Gasteiger partial charge in [0.2, 0.25) is 0 Å². The predicted octanol–water partition coefficient (Wildman–Crippen LogP) is 4.61. The van der Waals surface area contributed by atoms with Crippen molar-refractivity contribution in [1.29, 1.82) is 0 Å². The van der Waals surface area contributed by atoms with Crippen LogP contribution < -0.4 is 5.32 Å². The third-order valence-corrected chi connectivity index (χ3v) is 6.31. The van der Waals surface area contributed by atoms with Crippen LogP contribution in [-0.2, 0) is 22.4 Å². The van der Waals surface area contributed by atoms with Gasteiger partial charge in [0.25, 0.3) is 5.91 Å². The van der Waals surface area contributed by atoms with E-state index in [9.17, 15) is 9.59 Å². The first-order valence-electron chi connectivity index (χ1n) is 9.61. The van der Waals surface area contributed by atoms with Crippen LogP contribution in [0.3, 0.4) is 0 Å². The number of fused-ring (bicyclic) bond motifs is 1. The number of rotatable bonds is 6. The summed E-state index contributed by atoms with van der Waals surface area (Å²) >= 11 is 1.51. The quantitative estimate of drug-likeness (QED) is 0.739. The van der Waals surface area contributed by atoms with Gasteiger partial charge in [-0.25, -0.2) is 4.79 Å². The molecule has 144 valence electrons. The van der Waals surface area contributed by atoms with Crippen molar-refractivity contribution in [3.8, 4) is 0 Å². The van der Waals surface area contributed by atoms with Gasteiger partial charge in [-0.1, -0.05) is 43.7 Å². The Bertz CT molecular complexity index is 809. The van der Waals surface area contributed by atoms with E-state index in [0.29, 0.717) is 10.8 Å². The minimum atomic E-state index is -0.402. The van der Waals surface area contributed by atoms with Crippen molar-refractivity contribution in [2.75, 3.05) is 6.61 Å². The molecule has 1 aliphatic rings. The molecule has 5 heteroatoms. The molecule has 0 aliphatic heterocycles. The van der Waals surface area contributed by atoms with Gasteiger partial charge < -0.3 is 10.1 Å². The van der Waals surface area contributed by atoms with Gasteiger partial charge in [0.05, 0.1) is 6.04 Å². The predicted molar refractivity (Wildman–Crippen MR) is 108 cm³/mol. The lowest BCUT2D eigenvalue weighted by molar-refractivity contribution is -0.125. The Balaban J connectivity index is 1.54. The van der Waals surface area contributed by atoms with Crippen molar-refractivity contribution in [3.05, 3.63) is 56.8 Å². The van der Waals surface area contributed by atoms with E-state index >= 15 is 0 Å². The molecule has 3 rings (SSSR count). The molecule has 1 N–H and O–H groups in total. The van der Waals surface area contributed by atoms with Crippen molar-refractivity contribution < 1.29 is 14.3 Å². The van der Waals surface area contributed by atoms with Crippen LogP contribution in [-0.4, -0.2) is 18.5 Å². The van der Waals surface area contributed by atoms with Crippen LogP contribution >= 0.6 is 11.3 Å². The Labute approximate surface area is 164 Å². The van der Waals surface area contributed by atoms with Gasteiger partial charge in [0.15, 0.2) is 6.61 Å². The molecule has 2 aromatic rings. The fourth-order valence-corrected chi connectivity index (χ4v) is 4.57. The Hall–Kier alpha value is -2.14. The highest BCUT2D eigenvalue weighted by Gasteiger charge is 2.22. The molecule has 27 heavy (non-hydrogen) atoms. The maximum absolute atomic E-state index is 12.3. The molecule has 4 nitrogen and oxygen atoms in total. The van der Waals surface area contributed by atoms with Crippen LogP contribution in [0.5, 0.6) is 0 Å². The number of benzene rings is 1. The Morgan fingerprint density at radius 3 is 2.74 bits per heavy atom. The molecule has 0 unspecified atom stereocenters. The lowest BCUT2D eigenvalue weighted by atomic mass is 9.90. The number of hydrogen-bond acceptors (Lipinski definition) is 4. The molecule has 0 fully saturated rings. The van der Waals surface area contributed by atoms with Crippen molar-refractivity contribution >= 4 is 23.2 Å². The number of hydrogen-bond donors (Lipinski definition) is 1. The van der Waals surface area contributed by atoms with Crippen LogP contribution in [0.1, 0.15) is 64.0 Å². The molecule has 1 aromatic carbocycles. The summed E-state index contributed by atoms with van der Waals surface area (Å²) in [5.41, 5.74) is 3.50. The second-order valence-electron chi connectivity index (χ2n) is 7.42. The highest BCUT2D eigenvalue weighted by molar-refractivity contribution is 7.14. The molecule has 1 heterocycles. The molecule has 1 aromatic heterocycles. The van der Waals surface area contributed by atoms with Crippen LogP contribution in [0.4, 0.5) is 0 Å². The van der Waals surface area contributed by atoms with E-state index in [4.69, 9.17) is 4.74 Å². The maximum Gasteiger partial charge on any atom is 0.348 e. The van der Waals surface area contributed by atoms with E-state index in [0.717, 1.165) is 24.8 Å². The SMILES string of the molecule is CC[C@H](NC(=O)COC(=O)c1cc2c(s1)CC[C@@H](C)C2)c1ccc(C)cc1. The first kappa shape index (κ1) is 19.6. The maximum atomic E-state index is 12.3. The monoisotopic (exact) mass is 385 g/mol. The highest BCUT2D eigenvalue weighted by Crippen LogP contribution is 2.32. The normalized spacial score (nSPS) is 17.1.